The van der Waals surface area contributed by atoms with Crippen LogP contribution in [0.1, 0.15) is 110 Å². The Hall–Kier alpha value is -2.00. The first-order valence-electron chi connectivity index (χ1n) is 13.5. The fraction of sp³-hybridized carbons (Fsp3) is 0.846. The van der Waals surface area contributed by atoms with Crippen LogP contribution in [0.15, 0.2) is 0 Å². The lowest BCUT2D eigenvalue weighted by atomic mass is 9.94. The summed E-state index contributed by atoms with van der Waals surface area (Å²) in [4.78, 5) is 45.8. The zero-order valence-electron chi connectivity index (χ0n) is 21.7. The molecule has 0 unspecified atom stereocenters. The number of hydrogen-bond donors (Lipinski definition) is 5. The van der Waals surface area contributed by atoms with Crippen LogP contribution in [0.4, 0.5) is 0 Å². The van der Waals surface area contributed by atoms with Gasteiger partial charge in [-0.2, -0.15) is 0 Å². The Kier molecular flexibility index (Phi) is 21.2. The van der Waals surface area contributed by atoms with Crippen molar-refractivity contribution in [1.29, 1.82) is 0 Å². The number of ketones is 1. The molecule has 2 atom stereocenters. The zero-order valence-corrected chi connectivity index (χ0v) is 21.7. The first kappa shape index (κ1) is 33.0. The number of aliphatic hydroxyl groups is 1. The predicted octanol–water partition coefficient (Wildman–Crippen LogP) is 3.07. The van der Waals surface area contributed by atoms with Crippen LogP contribution in [0, 0.1) is 5.92 Å². The molecule has 0 aromatic heterocycles. The Balaban J connectivity index is 3.62. The Morgan fingerprint density at radius 3 is 1.83 bits per heavy atom. The van der Waals surface area contributed by atoms with Crippen LogP contribution in [0.2, 0.25) is 0 Å². The molecule has 9 nitrogen and oxygen atoms in total. The maximum atomic E-state index is 12.3. The second-order valence-corrected chi connectivity index (χ2v) is 9.36. The Morgan fingerprint density at radius 2 is 1.34 bits per heavy atom. The van der Waals surface area contributed by atoms with Gasteiger partial charge in [-0.1, -0.05) is 64.7 Å². The zero-order chi connectivity index (χ0) is 26.3. The lowest BCUT2D eigenvalue weighted by Gasteiger charge is -2.17. The lowest BCUT2D eigenvalue weighted by Crippen LogP contribution is -2.46. The van der Waals surface area contributed by atoms with Crippen LogP contribution in [0.25, 0.3) is 0 Å². The Bertz CT molecular complexity index is 600. The van der Waals surface area contributed by atoms with E-state index >= 15 is 0 Å². The molecule has 0 radical (unpaired) electrons. The van der Waals surface area contributed by atoms with Crippen molar-refractivity contribution in [3.8, 4) is 0 Å². The number of aliphatic carboxylic acids is 1. The normalized spacial score (nSPS) is 12.7. The van der Waals surface area contributed by atoms with Gasteiger partial charge in [0.05, 0.1) is 13.2 Å². The monoisotopic (exact) mass is 499 g/mol. The van der Waals surface area contributed by atoms with E-state index in [9.17, 15) is 19.2 Å². The number of hydrogen-bond acceptors (Lipinski definition) is 6. The van der Waals surface area contributed by atoms with Gasteiger partial charge in [-0.3, -0.25) is 24.5 Å². The number of carboxylic acids is 1. The van der Waals surface area contributed by atoms with Crippen molar-refractivity contribution in [2.45, 2.75) is 116 Å². The third-order valence-corrected chi connectivity index (χ3v) is 6.34. The van der Waals surface area contributed by atoms with E-state index < -0.39 is 24.5 Å². The second kappa shape index (κ2) is 22.5. The quantitative estimate of drug-likeness (QED) is 0.121. The van der Waals surface area contributed by atoms with Crippen molar-refractivity contribution in [3.63, 3.8) is 0 Å². The number of carbonyl (C=O) groups excluding carboxylic acids is 3. The van der Waals surface area contributed by atoms with E-state index in [0.29, 0.717) is 19.4 Å². The summed E-state index contributed by atoms with van der Waals surface area (Å²) in [6.45, 7) is 2.14. The number of aliphatic hydroxyl groups excluding tert-OH is 1. The summed E-state index contributed by atoms with van der Waals surface area (Å²) in [6, 6.07) is -0.903. The van der Waals surface area contributed by atoms with Gasteiger partial charge in [0.25, 0.3) is 0 Å². The molecule has 35 heavy (non-hydrogen) atoms. The third kappa shape index (κ3) is 19.9. The fourth-order valence-electron chi connectivity index (χ4n) is 4.02. The molecule has 0 aromatic carbocycles. The summed E-state index contributed by atoms with van der Waals surface area (Å²) in [5.74, 6) is -1.41. The number of rotatable bonds is 25. The summed E-state index contributed by atoms with van der Waals surface area (Å²) < 4.78 is 0. The minimum atomic E-state index is -0.903. The van der Waals surface area contributed by atoms with Crippen molar-refractivity contribution in [1.82, 2.24) is 10.6 Å². The molecule has 0 spiro atoms. The summed E-state index contributed by atoms with van der Waals surface area (Å²) in [6.07, 6.45) is 14.7. The number of nitrogens with two attached hydrogens (primary N) is 1. The molecule has 6 N–H and O–H groups in total. The highest BCUT2D eigenvalue weighted by Crippen LogP contribution is 2.14. The molecule has 0 fully saturated rings. The van der Waals surface area contributed by atoms with Crippen molar-refractivity contribution in [3.05, 3.63) is 0 Å². The van der Waals surface area contributed by atoms with E-state index in [1.165, 1.54) is 25.7 Å². The number of Topliss-reactive ketones (excluding diaryl/α,β-unsaturated/α-hetero) is 1. The average Bonchev–Trinajstić information content (AvgIpc) is 2.81. The molecular formula is C26H49N3O6. The smallest absolute Gasteiger partial charge is 0.303 e. The van der Waals surface area contributed by atoms with Crippen molar-refractivity contribution in [2.24, 2.45) is 11.7 Å². The first-order valence-corrected chi connectivity index (χ1v) is 13.5. The van der Waals surface area contributed by atoms with Gasteiger partial charge in [0.1, 0.15) is 11.8 Å². The highest BCUT2D eigenvalue weighted by molar-refractivity contribution is 5.85. The molecule has 0 aliphatic carbocycles. The van der Waals surface area contributed by atoms with Crippen LogP contribution < -0.4 is 16.4 Å². The second-order valence-electron chi connectivity index (χ2n) is 9.36. The summed E-state index contributed by atoms with van der Waals surface area (Å²) in [5.41, 5.74) is 5.15. The van der Waals surface area contributed by atoms with Crippen LogP contribution in [0.5, 0.6) is 0 Å². The summed E-state index contributed by atoms with van der Waals surface area (Å²) >= 11 is 0. The largest absolute Gasteiger partial charge is 0.481 e. The summed E-state index contributed by atoms with van der Waals surface area (Å²) in [5, 5.41) is 23.3. The average molecular weight is 500 g/mol. The molecule has 0 saturated carbocycles. The van der Waals surface area contributed by atoms with Gasteiger partial charge in [-0.15, -0.1) is 0 Å². The molecular weight excluding hydrogens is 450 g/mol. The molecule has 0 saturated heterocycles. The molecule has 0 rings (SSSR count). The van der Waals surface area contributed by atoms with Gasteiger partial charge in [0, 0.05) is 25.3 Å². The van der Waals surface area contributed by atoms with E-state index in [1.54, 1.807) is 0 Å². The van der Waals surface area contributed by atoms with E-state index in [1.807, 2.05) is 6.92 Å². The number of unbranched alkanes of at least 4 members (excludes halogenated alkanes) is 10. The van der Waals surface area contributed by atoms with Gasteiger partial charge in [0.15, 0.2) is 0 Å². The first-order chi connectivity index (χ1) is 16.8. The van der Waals surface area contributed by atoms with Crippen LogP contribution in [0.3, 0.4) is 0 Å². The lowest BCUT2D eigenvalue weighted by molar-refractivity contribution is -0.137. The third-order valence-electron chi connectivity index (χ3n) is 6.34. The van der Waals surface area contributed by atoms with Crippen LogP contribution in [-0.2, 0) is 19.2 Å². The van der Waals surface area contributed by atoms with Gasteiger partial charge >= 0.3 is 5.97 Å². The van der Waals surface area contributed by atoms with Crippen LogP contribution >= 0.6 is 0 Å². The van der Waals surface area contributed by atoms with Gasteiger partial charge in [0.2, 0.25) is 11.8 Å². The minimum absolute atomic E-state index is 0.00646. The topological polar surface area (TPSA) is 159 Å². The highest BCUT2D eigenvalue weighted by Gasteiger charge is 2.19. The molecule has 0 aliphatic heterocycles. The number of amides is 2. The van der Waals surface area contributed by atoms with E-state index in [2.05, 4.69) is 10.6 Å². The molecule has 9 heteroatoms. The molecule has 0 aliphatic rings. The fourth-order valence-corrected chi connectivity index (χ4v) is 4.02. The molecule has 0 aromatic rings. The van der Waals surface area contributed by atoms with Gasteiger partial charge < -0.3 is 21.3 Å². The number of nitrogens with one attached hydrogen (secondary N) is 2. The minimum Gasteiger partial charge on any atom is -0.481 e. The van der Waals surface area contributed by atoms with Crippen molar-refractivity contribution in [2.75, 3.05) is 19.7 Å². The maximum absolute atomic E-state index is 12.3. The predicted molar refractivity (Wildman–Crippen MR) is 137 cm³/mol. The van der Waals surface area contributed by atoms with Gasteiger partial charge in [-0.05, 0) is 32.1 Å². The maximum Gasteiger partial charge on any atom is 0.303 e. The SMILES string of the molecule is CC[C@H](CCCCNC(=O)CCCCCCCCCCCCC(=O)O)C(=O)CN[C@@H](CO)C(N)=O. The Labute approximate surface area is 211 Å². The number of carbonyl (C=O) groups is 4. The number of carboxylic acid groups (broad SMARTS) is 1. The van der Waals surface area contributed by atoms with Crippen LogP contribution in [-0.4, -0.2) is 59.5 Å². The Morgan fingerprint density at radius 1 is 0.800 bits per heavy atom. The summed E-state index contributed by atoms with van der Waals surface area (Å²) in [7, 11) is 0. The molecule has 0 bridgehead atoms. The molecule has 0 heterocycles. The van der Waals surface area contributed by atoms with E-state index in [4.69, 9.17) is 15.9 Å². The number of primary amides is 1. The molecule has 2 amide bonds. The highest BCUT2D eigenvalue weighted by atomic mass is 16.4. The van der Waals surface area contributed by atoms with Crippen molar-refractivity contribution >= 4 is 23.6 Å². The van der Waals surface area contributed by atoms with E-state index in [0.717, 1.165) is 57.8 Å². The van der Waals surface area contributed by atoms with Gasteiger partial charge in [-0.25, -0.2) is 0 Å². The standard InChI is InChI=1S/C26H49N3O6/c1-2-21(23(31)19-29-22(20-30)26(27)35)15-13-14-18-28-24(32)16-11-9-7-5-3-4-6-8-10-12-17-25(33)34/h21-22,29-30H,2-20H2,1H3,(H2,27,35)(H,28,32)(H,33,34)/t21-,22+/m1/s1. The molecule has 204 valence electrons. The van der Waals surface area contributed by atoms with Crippen molar-refractivity contribution < 1.29 is 29.4 Å². The van der Waals surface area contributed by atoms with E-state index in [-0.39, 0.29) is 30.6 Å².